The molecule has 5 amide bonds. The Morgan fingerprint density at radius 1 is 0.609 bits per heavy atom. The third kappa shape index (κ3) is 23.0. The van der Waals surface area contributed by atoms with Crippen LogP contribution in [0.5, 0.6) is 0 Å². The molecule has 0 unspecified atom stereocenters. The Kier molecular flexibility index (Phi) is 24.9. The van der Waals surface area contributed by atoms with Gasteiger partial charge in [0.05, 0.1) is 31.8 Å². The lowest BCUT2D eigenvalue weighted by Crippen LogP contribution is -2.45. The van der Waals surface area contributed by atoms with Gasteiger partial charge in [-0.05, 0) is 130 Å². The standard InChI is InChI=1S/C30H40N6O5S2.C26H34N6O3S2.C4H7ClO2/c1-20(2)41-29(38)34-22-13-15-36(16-14-22)28-32-19-25(42-28)24-12-11-23(17-26(24)43(39,40)35-30(3,4)5)33-27(37)31-18-21-9-7-6-8-10-21;1-26(2,3)31-37(34,35)23-15-20(30-24(33)28-16-18-7-5-4-6-8-18)9-10-21(23)22-17-29-25(36-22)32-13-11-19(27)12-14-32;1-3(2)7-4(5)6/h6-12,17,19-20,22,35H,13-16,18H2,1-5H3,(H,34,38)(H2,31,33,37);4-10,15,17,19,31H,11-14,16,27H2,1-3H3,(H2,28,30,33);3H,1-2H3. The first-order valence-corrected chi connectivity index (χ1v) is 33.4. The van der Waals surface area contributed by atoms with E-state index in [1.165, 1.54) is 34.8 Å². The number of piperidine rings is 2. The van der Waals surface area contributed by atoms with E-state index in [1.807, 2.05) is 74.5 Å². The minimum Gasteiger partial charge on any atom is -0.451 e. The van der Waals surface area contributed by atoms with E-state index in [9.17, 15) is 36.0 Å². The highest BCUT2D eigenvalue weighted by atomic mass is 35.5. The molecule has 2 aromatic heterocycles. The molecule has 6 aromatic rings. The molecule has 4 heterocycles. The summed E-state index contributed by atoms with van der Waals surface area (Å²) in [4.78, 5) is 61.9. The molecule has 22 nitrogen and oxygen atoms in total. The molecule has 472 valence electrons. The summed E-state index contributed by atoms with van der Waals surface area (Å²) in [6.07, 6.45) is 5.97. The summed E-state index contributed by atoms with van der Waals surface area (Å²) >= 11 is 7.66. The normalized spacial score (nSPS) is 14.2. The number of rotatable bonds is 17. The number of benzene rings is 4. The Morgan fingerprint density at radius 3 is 1.36 bits per heavy atom. The molecule has 2 fully saturated rings. The molecule has 0 aliphatic carbocycles. The highest BCUT2D eigenvalue weighted by Crippen LogP contribution is 2.39. The van der Waals surface area contributed by atoms with Crippen LogP contribution in [0.15, 0.2) is 119 Å². The Balaban J connectivity index is 0.000000252. The van der Waals surface area contributed by atoms with Crippen LogP contribution in [0.25, 0.3) is 20.9 Å². The van der Waals surface area contributed by atoms with Crippen molar-refractivity contribution in [3.05, 3.63) is 121 Å². The topological polar surface area (TPSA) is 298 Å². The van der Waals surface area contributed by atoms with Crippen LogP contribution in [0.2, 0.25) is 0 Å². The number of nitrogens with zero attached hydrogens (tertiary/aromatic N) is 4. The number of thiazole rings is 2. The maximum Gasteiger partial charge on any atom is 0.407 e. The van der Waals surface area contributed by atoms with Gasteiger partial charge in [-0.15, -0.1) is 0 Å². The van der Waals surface area contributed by atoms with Crippen LogP contribution in [0.4, 0.5) is 40.8 Å². The fourth-order valence-corrected chi connectivity index (χ4v) is 14.5. The van der Waals surface area contributed by atoms with Gasteiger partial charge in [-0.1, -0.05) is 95.5 Å². The molecule has 0 spiro atoms. The Labute approximate surface area is 524 Å². The van der Waals surface area contributed by atoms with E-state index >= 15 is 0 Å². The third-order valence-corrected chi connectivity index (χ3v) is 18.5. The number of urea groups is 2. The molecule has 0 bridgehead atoms. The number of nitrogens with one attached hydrogen (secondary N) is 7. The first-order valence-electron chi connectivity index (χ1n) is 28.5. The third-order valence-electron chi connectivity index (χ3n) is 12.6. The molecular weight excluding hydrogens is 1210 g/mol. The van der Waals surface area contributed by atoms with E-state index in [-0.39, 0.29) is 34.1 Å². The van der Waals surface area contributed by atoms with Crippen molar-refractivity contribution < 1.29 is 45.5 Å². The number of sulfonamides is 2. The molecule has 2 saturated heterocycles. The van der Waals surface area contributed by atoms with Gasteiger partial charge in [-0.25, -0.2) is 55.4 Å². The lowest BCUT2D eigenvalue weighted by Gasteiger charge is -2.32. The summed E-state index contributed by atoms with van der Waals surface area (Å²) in [5, 5.41) is 15.6. The van der Waals surface area contributed by atoms with Crippen LogP contribution < -0.4 is 51.6 Å². The number of carbonyl (C=O) groups excluding carboxylic acids is 4. The number of amides is 5. The number of hydrogen-bond acceptors (Lipinski definition) is 17. The van der Waals surface area contributed by atoms with Gasteiger partial charge in [0, 0.05) is 109 Å². The molecule has 2 aliphatic rings. The van der Waals surface area contributed by atoms with Crippen LogP contribution in [-0.2, 0) is 42.6 Å². The smallest absolute Gasteiger partial charge is 0.407 e. The number of hydrogen-bond donors (Lipinski definition) is 8. The summed E-state index contributed by atoms with van der Waals surface area (Å²) in [7, 11) is -7.87. The van der Waals surface area contributed by atoms with Gasteiger partial charge in [-0.3, -0.25) is 0 Å². The molecule has 87 heavy (non-hydrogen) atoms. The average molecular weight is 1290 g/mol. The van der Waals surface area contributed by atoms with E-state index in [2.05, 4.69) is 60.5 Å². The Morgan fingerprint density at radius 2 is 1.00 bits per heavy atom. The number of alkyl carbamates (subject to hydrolysis) is 1. The number of anilines is 4. The predicted octanol–water partition coefficient (Wildman–Crippen LogP) is 11.2. The maximum absolute atomic E-state index is 13.6. The lowest BCUT2D eigenvalue weighted by atomic mass is 10.1. The fourth-order valence-electron chi connectivity index (χ4n) is 8.85. The minimum absolute atomic E-state index is 0.0205. The van der Waals surface area contributed by atoms with Crippen molar-refractivity contribution in [2.24, 2.45) is 5.73 Å². The van der Waals surface area contributed by atoms with Crippen molar-refractivity contribution in [2.45, 2.75) is 153 Å². The van der Waals surface area contributed by atoms with Crippen LogP contribution in [-0.4, -0.2) is 112 Å². The number of halogens is 1. The van der Waals surface area contributed by atoms with Crippen molar-refractivity contribution in [1.82, 2.24) is 35.4 Å². The van der Waals surface area contributed by atoms with Crippen molar-refractivity contribution in [3.8, 4) is 20.9 Å². The zero-order valence-corrected chi connectivity index (χ0v) is 54.8. The number of carbonyl (C=O) groups is 4. The number of aromatic nitrogens is 2. The van der Waals surface area contributed by atoms with Crippen molar-refractivity contribution >= 4 is 99.5 Å². The number of ether oxygens (including phenoxy) is 2. The monoisotopic (exact) mass is 1290 g/mol. The number of nitrogens with two attached hydrogens (primary N) is 1. The van der Waals surface area contributed by atoms with Crippen molar-refractivity contribution in [1.29, 1.82) is 0 Å². The van der Waals surface area contributed by atoms with Crippen LogP contribution in [0.3, 0.4) is 0 Å². The first kappa shape index (κ1) is 69.2. The van der Waals surface area contributed by atoms with Crippen LogP contribution in [0, 0.1) is 0 Å². The minimum atomic E-state index is -3.96. The van der Waals surface area contributed by atoms with Gasteiger partial charge in [-0.2, -0.15) is 0 Å². The predicted molar refractivity (Wildman–Crippen MR) is 347 cm³/mol. The van der Waals surface area contributed by atoms with Crippen molar-refractivity contribution in [2.75, 3.05) is 46.6 Å². The molecule has 27 heteroatoms. The molecular formula is C60H81ClN12O10S4. The highest BCUT2D eigenvalue weighted by molar-refractivity contribution is 7.90. The summed E-state index contributed by atoms with van der Waals surface area (Å²) in [6, 6.07) is 28.2. The van der Waals surface area contributed by atoms with Crippen LogP contribution >= 0.6 is 34.3 Å². The van der Waals surface area contributed by atoms with Crippen molar-refractivity contribution in [3.63, 3.8) is 0 Å². The average Bonchev–Trinajstić information content (AvgIpc) is 1.86. The van der Waals surface area contributed by atoms with E-state index in [0.717, 1.165) is 65.0 Å². The molecule has 4 aromatic carbocycles. The Bertz CT molecular complexity index is 3470. The molecule has 0 atom stereocenters. The zero-order valence-electron chi connectivity index (χ0n) is 50.7. The quantitative estimate of drug-likeness (QED) is 0.0394. The van der Waals surface area contributed by atoms with E-state index < -0.39 is 54.7 Å². The summed E-state index contributed by atoms with van der Waals surface area (Å²) in [6.45, 7) is 21.5. The highest BCUT2D eigenvalue weighted by Gasteiger charge is 2.30. The van der Waals surface area contributed by atoms with Gasteiger partial charge in [0.25, 0.3) is 0 Å². The van der Waals surface area contributed by atoms with E-state index in [0.29, 0.717) is 53.6 Å². The second-order valence-electron chi connectivity index (χ2n) is 23.3. The summed E-state index contributed by atoms with van der Waals surface area (Å²) < 4.78 is 69.1. The van der Waals surface area contributed by atoms with Gasteiger partial charge >= 0.3 is 23.6 Å². The lowest BCUT2D eigenvalue weighted by molar-refractivity contribution is 0.111. The maximum atomic E-state index is 13.6. The molecule has 2 aliphatic heterocycles. The van der Waals surface area contributed by atoms with Gasteiger partial charge in [0.2, 0.25) is 20.0 Å². The van der Waals surface area contributed by atoms with E-state index in [1.54, 1.807) is 92.0 Å². The first-order chi connectivity index (χ1) is 40.9. The fraction of sp³-hybridized carbons (Fsp3) is 0.433. The second kappa shape index (κ2) is 31.3. The Hall–Kier alpha value is -6.91. The zero-order chi connectivity index (χ0) is 63.7. The van der Waals surface area contributed by atoms with Gasteiger partial charge < -0.3 is 51.6 Å². The second-order valence-corrected chi connectivity index (χ2v) is 29.0. The molecule has 0 saturated carbocycles. The molecule has 0 radical (unpaired) electrons. The SMILES string of the molecule is CC(C)(C)NS(=O)(=O)c1cc(NC(=O)NCc2ccccc2)ccc1-c1cnc(N2CCC(N)CC2)s1.CC(C)OC(=O)Cl.CC(C)OC(=O)NC1CCN(c2ncc(-c3ccc(NC(=O)NCc4ccccc4)cc3S(=O)(=O)NC(C)(C)C)s2)CC1. The van der Waals surface area contributed by atoms with E-state index in [4.69, 9.17) is 22.1 Å². The largest absolute Gasteiger partial charge is 0.451 e. The van der Waals surface area contributed by atoms with Gasteiger partial charge in [0.15, 0.2) is 10.3 Å². The molecule has 8 rings (SSSR count). The van der Waals surface area contributed by atoms with Gasteiger partial charge in [0.1, 0.15) is 0 Å². The summed E-state index contributed by atoms with van der Waals surface area (Å²) in [5.74, 6) is 0. The molecule has 9 N–H and O–H groups in total. The van der Waals surface area contributed by atoms with Crippen LogP contribution in [0.1, 0.15) is 106 Å². The summed E-state index contributed by atoms with van der Waals surface area (Å²) in [5.41, 5.74) is 7.54.